The van der Waals surface area contributed by atoms with E-state index >= 15 is 0 Å². The molecule has 3 N–H and O–H groups in total. The van der Waals surface area contributed by atoms with Crippen molar-refractivity contribution in [2.24, 2.45) is 5.73 Å². The number of benzene rings is 1. The van der Waals surface area contributed by atoms with Gasteiger partial charge in [-0.1, -0.05) is 6.07 Å². The van der Waals surface area contributed by atoms with Crippen LogP contribution in [0.5, 0.6) is 0 Å². The van der Waals surface area contributed by atoms with Crippen LogP contribution in [0.2, 0.25) is 0 Å². The van der Waals surface area contributed by atoms with Crippen molar-refractivity contribution in [1.82, 2.24) is 0 Å². The fourth-order valence-corrected chi connectivity index (χ4v) is 1.11. The zero-order chi connectivity index (χ0) is 12.5. The molecule has 2 nitrogen and oxygen atoms in total. The van der Waals surface area contributed by atoms with E-state index in [-0.39, 0.29) is 0 Å². The van der Waals surface area contributed by atoms with Crippen LogP contribution in [0.4, 0.5) is 22.0 Å². The molecule has 7 heteroatoms. The number of rotatable bonds is 3. The largest absolute Gasteiger partial charge is 0.390 e. The van der Waals surface area contributed by atoms with Crippen molar-refractivity contribution in [3.63, 3.8) is 0 Å². The van der Waals surface area contributed by atoms with Crippen LogP contribution in [0.3, 0.4) is 0 Å². The third-order valence-corrected chi connectivity index (χ3v) is 2.07. The van der Waals surface area contributed by atoms with Crippen molar-refractivity contribution in [2.45, 2.75) is 12.0 Å². The Kier molecular flexibility index (Phi) is 3.49. The zero-order valence-corrected chi connectivity index (χ0v) is 7.85. The second-order valence-corrected chi connectivity index (χ2v) is 3.16. The van der Waals surface area contributed by atoms with E-state index in [2.05, 4.69) is 0 Å². The van der Waals surface area contributed by atoms with E-state index in [1.54, 1.807) is 0 Å². The molecule has 0 aromatic heterocycles. The van der Waals surface area contributed by atoms with Gasteiger partial charge in [-0.25, -0.2) is 22.0 Å². The number of alkyl halides is 2. The summed E-state index contributed by atoms with van der Waals surface area (Å²) in [5.41, 5.74) is 4.07. The number of hydrogen-bond donors (Lipinski definition) is 2. The Morgan fingerprint density at radius 2 is 1.75 bits per heavy atom. The quantitative estimate of drug-likeness (QED) is 0.625. The van der Waals surface area contributed by atoms with Crippen LogP contribution in [-0.4, -0.2) is 17.6 Å². The fraction of sp³-hybridized carbons (Fsp3) is 0.333. The molecule has 0 aliphatic rings. The summed E-state index contributed by atoms with van der Waals surface area (Å²) in [6.07, 6.45) is 0. The molecule has 0 aliphatic heterocycles. The predicted octanol–water partition coefficient (Wildman–Crippen LogP) is 1.73. The molecule has 0 bridgehead atoms. The fourth-order valence-electron chi connectivity index (χ4n) is 1.11. The summed E-state index contributed by atoms with van der Waals surface area (Å²) in [7, 11) is 0. The van der Waals surface area contributed by atoms with Gasteiger partial charge in [0.1, 0.15) is 6.61 Å². The van der Waals surface area contributed by atoms with Gasteiger partial charge in [0.05, 0.1) is 6.04 Å². The molecule has 0 amide bonds. The first-order valence-electron chi connectivity index (χ1n) is 4.19. The summed E-state index contributed by atoms with van der Waals surface area (Å²) >= 11 is 0. The first kappa shape index (κ1) is 12.9. The van der Waals surface area contributed by atoms with E-state index in [0.29, 0.717) is 12.1 Å². The van der Waals surface area contributed by atoms with Gasteiger partial charge in [-0.2, -0.15) is 0 Å². The van der Waals surface area contributed by atoms with E-state index in [1.165, 1.54) is 0 Å². The molecule has 1 rings (SSSR count). The molecule has 1 aromatic carbocycles. The Bertz CT molecular complexity index is 396. The highest BCUT2D eigenvalue weighted by Gasteiger charge is 2.39. The van der Waals surface area contributed by atoms with E-state index in [9.17, 15) is 22.0 Å². The van der Waals surface area contributed by atoms with E-state index < -0.39 is 41.6 Å². The van der Waals surface area contributed by atoms with Crippen molar-refractivity contribution < 1.29 is 27.1 Å². The normalized spacial score (nSPS) is 13.9. The van der Waals surface area contributed by atoms with Gasteiger partial charge in [0.2, 0.25) is 0 Å². The minimum absolute atomic E-state index is 0.487. The van der Waals surface area contributed by atoms with Gasteiger partial charge in [0.15, 0.2) is 17.5 Å². The van der Waals surface area contributed by atoms with Crippen molar-refractivity contribution in [2.75, 3.05) is 6.61 Å². The summed E-state index contributed by atoms with van der Waals surface area (Å²) in [6.45, 7) is -1.62. The zero-order valence-electron chi connectivity index (χ0n) is 7.85. The SMILES string of the molecule is N[C@@H](c1ccc(F)c(F)c1F)C(F)(F)CO. The summed E-state index contributed by atoms with van der Waals surface area (Å²) in [4.78, 5) is 0. The van der Waals surface area contributed by atoms with Crippen molar-refractivity contribution in [3.05, 3.63) is 35.1 Å². The smallest absolute Gasteiger partial charge is 0.289 e. The molecule has 0 radical (unpaired) electrons. The Labute approximate surface area is 87.5 Å². The highest BCUT2D eigenvalue weighted by molar-refractivity contribution is 5.25. The number of nitrogens with two attached hydrogens (primary N) is 1. The maximum atomic E-state index is 13.1. The van der Waals surface area contributed by atoms with Gasteiger partial charge < -0.3 is 10.8 Å². The summed E-state index contributed by atoms with van der Waals surface area (Å²) in [6, 6.07) is -1.14. The number of aliphatic hydroxyl groups excluding tert-OH is 1. The minimum atomic E-state index is -3.81. The molecule has 0 aliphatic carbocycles. The van der Waals surface area contributed by atoms with Gasteiger partial charge in [0.25, 0.3) is 5.92 Å². The molecule has 16 heavy (non-hydrogen) atoms. The molecule has 90 valence electrons. The lowest BCUT2D eigenvalue weighted by molar-refractivity contribution is -0.0720. The summed E-state index contributed by atoms with van der Waals surface area (Å²) in [5, 5.41) is 8.32. The molecule has 0 unspecified atom stereocenters. The van der Waals surface area contributed by atoms with Gasteiger partial charge in [-0.3, -0.25) is 0 Å². The monoisotopic (exact) mass is 241 g/mol. The molecular weight excluding hydrogens is 233 g/mol. The van der Waals surface area contributed by atoms with E-state index in [4.69, 9.17) is 10.8 Å². The first-order valence-corrected chi connectivity index (χ1v) is 4.19. The van der Waals surface area contributed by atoms with Crippen molar-refractivity contribution >= 4 is 0 Å². The summed E-state index contributed by atoms with van der Waals surface area (Å²) < 4.78 is 64.1. The van der Waals surface area contributed by atoms with Crippen LogP contribution < -0.4 is 5.73 Å². The standard InChI is InChI=1S/C9H8F5NO/c10-5-2-1-4(6(11)7(5)12)8(15)9(13,14)3-16/h1-2,8,16H,3,15H2/t8-/m0/s1. The third kappa shape index (κ3) is 2.14. The van der Waals surface area contributed by atoms with Gasteiger partial charge in [0, 0.05) is 5.56 Å². The molecule has 0 saturated heterocycles. The first-order chi connectivity index (χ1) is 7.31. The van der Waals surface area contributed by atoms with Crippen LogP contribution in [0.1, 0.15) is 11.6 Å². The van der Waals surface area contributed by atoms with Gasteiger partial charge in [-0.05, 0) is 6.07 Å². The molecule has 1 atom stereocenters. The number of hydrogen-bond acceptors (Lipinski definition) is 2. The molecule has 0 heterocycles. The Balaban J connectivity index is 3.20. The average molecular weight is 241 g/mol. The van der Waals surface area contributed by atoms with Crippen LogP contribution in [0.15, 0.2) is 12.1 Å². The lowest BCUT2D eigenvalue weighted by atomic mass is 10.0. The van der Waals surface area contributed by atoms with E-state index in [0.717, 1.165) is 0 Å². The molecule has 0 fully saturated rings. The molecule has 0 spiro atoms. The Morgan fingerprint density at radius 1 is 1.19 bits per heavy atom. The maximum Gasteiger partial charge on any atom is 0.289 e. The maximum absolute atomic E-state index is 13.1. The lowest BCUT2D eigenvalue weighted by Gasteiger charge is -2.22. The molecule has 0 saturated carbocycles. The lowest BCUT2D eigenvalue weighted by Crippen LogP contribution is -2.37. The minimum Gasteiger partial charge on any atom is -0.390 e. The van der Waals surface area contributed by atoms with E-state index in [1.807, 2.05) is 0 Å². The number of aliphatic hydroxyl groups is 1. The second kappa shape index (κ2) is 4.34. The average Bonchev–Trinajstić information content (AvgIpc) is 2.25. The predicted molar refractivity (Wildman–Crippen MR) is 45.3 cm³/mol. The van der Waals surface area contributed by atoms with Crippen molar-refractivity contribution in [3.8, 4) is 0 Å². The third-order valence-electron chi connectivity index (χ3n) is 2.07. The van der Waals surface area contributed by atoms with Gasteiger partial charge >= 0.3 is 0 Å². The Morgan fingerprint density at radius 3 is 2.25 bits per heavy atom. The highest BCUT2D eigenvalue weighted by atomic mass is 19.3. The van der Waals surface area contributed by atoms with Gasteiger partial charge in [-0.15, -0.1) is 0 Å². The highest BCUT2D eigenvalue weighted by Crippen LogP contribution is 2.31. The summed E-state index contributed by atoms with van der Waals surface area (Å²) in [5.74, 6) is -8.96. The van der Waals surface area contributed by atoms with Crippen molar-refractivity contribution in [1.29, 1.82) is 0 Å². The topological polar surface area (TPSA) is 46.2 Å². The number of halogens is 5. The molecule has 1 aromatic rings. The Hall–Kier alpha value is -1.21. The second-order valence-electron chi connectivity index (χ2n) is 3.16. The van der Waals surface area contributed by atoms with Crippen LogP contribution in [0, 0.1) is 17.5 Å². The van der Waals surface area contributed by atoms with Crippen LogP contribution in [-0.2, 0) is 0 Å². The van der Waals surface area contributed by atoms with Crippen LogP contribution >= 0.6 is 0 Å². The molecular formula is C9H8F5NO. The van der Waals surface area contributed by atoms with Crippen LogP contribution in [0.25, 0.3) is 0 Å².